The van der Waals surface area contributed by atoms with Crippen molar-refractivity contribution in [3.8, 4) is 0 Å². The number of nitrogens with two attached hydrogens (primary N) is 1. The largest absolute Gasteiger partial charge is 0.382 e. The minimum Gasteiger partial charge on any atom is -0.382 e. The molecule has 3 aromatic carbocycles. The molecule has 8 nitrogen and oxygen atoms in total. The number of amides is 2. The number of carbonyl (C=O) groups excluding carboxylic acids is 1. The zero-order valence-electron chi connectivity index (χ0n) is 24.7. The Balaban J connectivity index is 1.46. The lowest BCUT2D eigenvalue weighted by Gasteiger charge is -2.37. The van der Waals surface area contributed by atoms with Crippen LogP contribution in [0.3, 0.4) is 0 Å². The van der Waals surface area contributed by atoms with E-state index in [0.717, 1.165) is 34.9 Å². The predicted octanol–water partition coefficient (Wildman–Crippen LogP) is 5.93. The second-order valence-corrected chi connectivity index (χ2v) is 12.0. The summed E-state index contributed by atoms with van der Waals surface area (Å²) in [4.78, 5) is 18.9. The van der Waals surface area contributed by atoms with Crippen molar-refractivity contribution in [2.45, 2.75) is 83.1 Å². The summed E-state index contributed by atoms with van der Waals surface area (Å²) in [7, 11) is 0. The van der Waals surface area contributed by atoms with Gasteiger partial charge in [0.05, 0.1) is 17.6 Å². The standard InChI is InChI=1S/C34H41N5O3/c1-4-5-18-38-28(20-23-12-8-6-9-13-23)30-31(42-34(2,3)41-30)29(21-24-14-10-7-11-15-24)39(33(38)40)22-25-16-17-27-26(19-25)32(35)37-36-27/h6-17,19,28-31H,4-5,18,20-22H2,1-3H3,(H3,35,36,37)/t28-,29-,30+,31+/m1/s1. The highest BCUT2D eigenvalue weighted by Crippen LogP contribution is 2.40. The van der Waals surface area contributed by atoms with E-state index < -0.39 is 5.79 Å². The molecule has 42 heavy (non-hydrogen) atoms. The number of benzene rings is 3. The monoisotopic (exact) mass is 567 g/mol. The quantitative estimate of drug-likeness (QED) is 0.262. The molecule has 1 aromatic heterocycles. The number of nitrogen functional groups attached to an aromatic ring is 1. The maximum Gasteiger partial charge on any atom is 0.321 e. The van der Waals surface area contributed by atoms with E-state index in [1.807, 2.05) is 61.2 Å². The van der Waals surface area contributed by atoms with Gasteiger partial charge in [0.25, 0.3) is 0 Å². The van der Waals surface area contributed by atoms with Crippen molar-refractivity contribution in [1.82, 2.24) is 20.0 Å². The minimum absolute atomic E-state index is 0.0185. The number of hydrogen-bond donors (Lipinski definition) is 2. The molecular formula is C34H41N5O3. The zero-order chi connectivity index (χ0) is 29.3. The lowest BCUT2D eigenvalue weighted by atomic mass is 9.91. The normalized spacial score (nSPS) is 23.7. The van der Waals surface area contributed by atoms with Crippen molar-refractivity contribution in [2.24, 2.45) is 0 Å². The third-order valence-corrected chi connectivity index (χ3v) is 8.55. The molecule has 220 valence electrons. The second-order valence-electron chi connectivity index (χ2n) is 12.0. The molecule has 0 unspecified atom stereocenters. The van der Waals surface area contributed by atoms with Gasteiger partial charge >= 0.3 is 6.03 Å². The fourth-order valence-electron chi connectivity index (χ4n) is 6.53. The van der Waals surface area contributed by atoms with E-state index in [4.69, 9.17) is 15.2 Å². The van der Waals surface area contributed by atoms with Crippen molar-refractivity contribution in [2.75, 3.05) is 12.3 Å². The number of nitrogens with one attached hydrogen (secondary N) is 1. The Kier molecular flexibility index (Phi) is 7.92. The van der Waals surface area contributed by atoms with Gasteiger partial charge in [0.2, 0.25) is 0 Å². The van der Waals surface area contributed by atoms with E-state index in [1.54, 1.807) is 0 Å². The van der Waals surface area contributed by atoms with Crippen molar-refractivity contribution in [3.63, 3.8) is 0 Å². The number of aromatic amines is 1. The molecule has 0 bridgehead atoms. The zero-order valence-corrected chi connectivity index (χ0v) is 24.7. The number of fused-ring (bicyclic) bond motifs is 2. The third-order valence-electron chi connectivity index (χ3n) is 8.55. The summed E-state index contributed by atoms with van der Waals surface area (Å²) in [5.41, 5.74) is 10.4. The molecule has 4 atom stereocenters. The molecule has 0 saturated carbocycles. The Morgan fingerprint density at radius 2 is 1.45 bits per heavy atom. The molecule has 6 rings (SSSR count). The van der Waals surface area contributed by atoms with E-state index in [1.165, 1.54) is 5.56 Å². The first-order chi connectivity index (χ1) is 20.3. The van der Waals surface area contributed by atoms with Gasteiger partial charge in [-0.25, -0.2) is 4.79 Å². The lowest BCUT2D eigenvalue weighted by Crippen LogP contribution is -2.52. The number of hydrogen-bond acceptors (Lipinski definition) is 5. The first-order valence-electron chi connectivity index (χ1n) is 15.1. The van der Waals surface area contributed by atoms with E-state index in [0.29, 0.717) is 31.7 Å². The van der Waals surface area contributed by atoms with Crippen LogP contribution < -0.4 is 5.73 Å². The number of H-pyrrole nitrogens is 1. The van der Waals surface area contributed by atoms with Crippen LogP contribution >= 0.6 is 0 Å². The van der Waals surface area contributed by atoms with Crippen molar-refractivity contribution >= 4 is 22.8 Å². The molecule has 0 aliphatic carbocycles. The summed E-state index contributed by atoms with van der Waals surface area (Å²) >= 11 is 0. The van der Waals surface area contributed by atoms with Crippen molar-refractivity contribution in [3.05, 3.63) is 95.6 Å². The number of carbonyl (C=O) groups is 1. The maximum absolute atomic E-state index is 14.8. The SMILES string of the molecule is CCCCN1C(=O)N(Cc2ccc3[nH]nc(N)c3c2)[C@H](Cc2ccccc2)[C@@H]2OC(C)(C)O[C@H]2[C@H]1Cc1ccccc1. The first-order valence-corrected chi connectivity index (χ1v) is 15.1. The average Bonchev–Trinajstić information content (AvgIpc) is 3.51. The van der Waals surface area contributed by atoms with Gasteiger partial charge in [-0.05, 0) is 61.9 Å². The molecule has 2 aliphatic rings. The maximum atomic E-state index is 14.8. The van der Waals surface area contributed by atoms with E-state index in [-0.39, 0.29) is 30.3 Å². The molecular weight excluding hydrogens is 526 g/mol. The molecule has 3 N–H and O–H groups in total. The number of nitrogens with zero attached hydrogens (tertiary/aromatic N) is 3. The van der Waals surface area contributed by atoms with Crippen LogP contribution in [0.15, 0.2) is 78.9 Å². The molecule has 4 aromatic rings. The highest BCUT2D eigenvalue weighted by atomic mass is 16.8. The second kappa shape index (κ2) is 11.8. The van der Waals surface area contributed by atoms with Gasteiger partial charge in [0.1, 0.15) is 12.2 Å². The summed E-state index contributed by atoms with van der Waals surface area (Å²) in [6.07, 6.45) is 2.65. The molecule has 2 amide bonds. The lowest BCUT2D eigenvalue weighted by molar-refractivity contribution is -0.157. The van der Waals surface area contributed by atoms with E-state index >= 15 is 0 Å². The highest BCUT2D eigenvalue weighted by molar-refractivity contribution is 5.89. The molecule has 2 saturated heterocycles. The average molecular weight is 568 g/mol. The molecule has 0 radical (unpaired) electrons. The van der Waals surface area contributed by atoms with Crippen molar-refractivity contribution in [1.29, 1.82) is 0 Å². The molecule has 8 heteroatoms. The summed E-state index contributed by atoms with van der Waals surface area (Å²) in [5.74, 6) is -0.317. The van der Waals surface area contributed by atoms with Gasteiger partial charge in [-0.15, -0.1) is 0 Å². The van der Waals surface area contributed by atoms with Crippen molar-refractivity contribution < 1.29 is 14.3 Å². The van der Waals surface area contributed by atoms with Crippen LogP contribution in [0.2, 0.25) is 0 Å². The number of rotatable bonds is 9. The third kappa shape index (κ3) is 5.74. The van der Waals surface area contributed by atoms with Gasteiger partial charge in [0, 0.05) is 18.5 Å². The van der Waals surface area contributed by atoms with Crippen LogP contribution in [0.5, 0.6) is 0 Å². The summed E-state index contributed by atoms with van der Waals surface area (Å²) in [6, 6.07) is 26.4. The summed E-state index contributed by atoms with van der Waals surface area (Å²) in [5, 5.41) is 8.00. The van der Waals surface area contributed by atoms with Gasteiger partial charge < -0.3 is 25.0 Å². The van der Waals surface area contributed by atoms with Crippen LogP contribution in [0.4, 0.5) is 10.6 Å². The van der Waals surface area contributed by atoms with E-state index in [9.17, 15) is 4.79 Å². The van der Waals surface area contributed by atoms with Crippen LogP contribution in [-0.4, -0.2) is 62.7 Å². The Hall–Kier alpha value is -3.88. The molecule has 0 spiro atoms. The number of urea groups is 1. The topological polar surface area (TPSA) is 96.7 Å². The van der Waals surface area contributed by atoms with Crippen LogP contribution in [0.1, 0.15) is 50.3 Å². The van der Waals surface area contributed by atoms with Gasteiger partial charge in [-0.3, -0.25) is 5.10 Å². The highest BCUT2D eigenvalue weighted by Gasteiger charge is 2.55. The van der Waals surface area contributed by atoms with Gasteiger partial charge in [-0.1, -0.05) is 80.1 Å². The van der Waals surface area contributed by atoms with E-state index in [2.05, 4.69) is 58.4 Å². The number of aromatic nitrogens is 2. The molecule has 3 heterocycles. The summed E-state index contributed by atoms with van der Waals surface area (Å²) < 4.78 is 13.5. The number of ether oxygens (including phenoxy) is 2. The fraction of sp³-hybridized carbons (Fsp3) is 0.412. The van der Waals surface area contributed by atoms with Crippen LogP contribution in [0, 0.1) is 0 Å². The van der Waals surface area contributed by atoms with Gasteiger partial charge in [0.15, 0.2) is 11.6 Å². The number of unbranched alkanes of at least 4 members (excludes halogenated alkanes) is 1. The summed E-state index contributed by atoms with van der Waals surface area (Å²) in [6.45, 7) is 7.21. The fourth-order valence-corrected chi connectivity index (χ4v) is 6.53. The van der Waals surface area contributed by atoms with Crippen LogP contribution in [0.25, 0.3) is 10.9 Å². The van der Waals surface area contributed by atoms with Gasteiger partial charge in [-0.2, -0.15) is 5.10 Å². The smallest absolute Gasteiger partial charge is 0.321 e. The first kappa shape index (κ1) is 28.2. The minimum atomic E-state index is -0.772. The molecule has 2 aliphatic heterocycles. The molecule has 2 fully saturated rings. The van der Waals surface area contributed by atoms with Crippen LogP contribution in [-0.2, 0) is 28.9 Å². The Morgan fingerprint density at radius 1 is 0.857 bits per heavy atom. The predicted molar refractivity (Wildman–Crippen MR) is 165 cm³/mol. The Bertz CT molecular complexity index is 1510. The Labute approximate surface area is 247 Å². The number of anilines is 1. The Morgan fingerprint density at radius 3 is 2.05 bits per heavy atom.